The van der Waals surface area contributed by atoms with Gasteiger partial charge in [0, 0.05) is 12.1 Å². The predicted octanol–water partition coefficient (Wildman–Crippen LogP) is 5.50. The Hall–Kier alpha value is -0.200. The van der Waals surface area contributed by atoms with E-state index in [2.05, 4.69) is 52.3 Å². The van der Waals surface area contributed by atoms with Crippen molar-refractivity contribution in [2.75, 3.05) is 13.2 Å². The average molecular weight is 330 g/mol. The van der Waals surface area contributed by atoms with E-state index in [0.717, 1.165) is 13.0 Å². The molecule has 0 radical (unpaired) electrons. The lowest BCUT2D eigenvalue weighted by Gasteiger charge is -2.36. The lowest BCUT2D eigenvalue weighted by Crippen LogP contribution is -2.34. The fourth-order valence-electron chi connectivity index (χ4n) is 2.38. The van der Waals surface area contributed by atoms with E-state index in [1.54, 1.807) is 0 Å². The maximum Gasteiger partial charge on any atom is 0.259 e. The van der Waals surface area contributed by atoms with E-state index in [-0.39, 0.29) is 0 Å². The zero-order chi connectivity index (χ0) is 17.0. The fraction of sp³-hybridized carbons (Fsp3) is 0.941. The molecule has 5 heteroatoms. The summed E-state index contributed by atoms with van der Waals surface area (Å²) in [6.07, 6.45) is 5.27. The third-order valence-corrected chi connectivity index (χ3v) is 5.70. The number of unbranched alkanes of at least 4 members (excludes halogenated alkanes) is 1. The second-order valence-corrected chi connectivity index (χ2v) is 7.71. The Morgan fingerprint density at radius 1 is 1.09 bits per heavy atom. The van der Waals surface area contributed by atoms with Gasteiger partial charge in [-0.15, -0.1) is 0 Å². The van der Waals surface area contributed by atoms with Crippen LogP contribution in [-0.2, 0) is 9.05 Å². The maximum absolute atomic E-state index is 8.71. The van der Waals surface area contributed by atoms with Crippen molar-refractivity contribution in [2.45, 2.75) is 85.7 Å². The highest BCUT2D eigenvalue weighted by Gasteiger charge is 2.27. The van der Waals surface area contributed by atoms with Crippen LogP contribution in [0.3, 0.4) is 0 Å². The molecule has 0 aliphatic heterocycles. The van der Waals surface area contributed by atoms with Crippen molar-refractivity contribution in [3.63, 3.8) is 0 Å². The summed E-state index contributed by atoms with van der Waals surface area (Å²) < 4.78 is 14.4. The van der Waals surface area contributed by atoms with Crippen LogP contribution in [0.2, 0.25) is 0 Å². The largest absolute Gasteiger partial charge is 0.322 e. The van der Waals surface area contributed by atoms with Crippen LogP contribution in [0.15, 0.2) is 0 Å². The lowest BCUT2D eigenvalue weighted by atomic mass is 10.0. The summed E-state index contributed by atoms with van der Waals surface area (Å²) in [4.78, 5) is 0. The number of nitriles is 1. The molecule has 22 heavy (non-hydrogen) atoms. The zero-order valence-corrected chi connectivity index (χ0v) is 16.2. The molecule has 0 aliphatic carbocycles. The standard InChI is InChI=1S/C17H35N2O2P/c1-7-9-11-17(8-2)14-21-22(20-13-10-12-18)19(15(3)4)16(5)6/h15-17H,7-11,13-14H2,1-6H3. The molecule has 2 atom stereocenters. The minimum Gasteiger partial charge on any atom is -0.322 e. The van der Waals surface area contributed by atoms with Gasteiger partial charge in [-0.05, 0) is 40.0 Å². The minimum atomic E-state index is -1.09. The van der Waals surface area contributed by atoms with Gasteiger partial charge in [-0.25, -0.2) is 4.67 Å². The summed E-state index contributed by atoms with van der Waals surface area (Å²) in [5.74, 6) is 0.602. The Kier molecular flexibility index (Phi) is 13.1. The molecule has 0 heterocycles. The molecule has 0 bridgehead atoms. The van der Waals surface area contributed by atoms with E-state index in [1.807, 2.05) is 0 Å². The van der Waals surface area contributed by atoms with Gasteiger partial charge < -0.3 is 9.05 Å². The fourth-order valence-corrected chi connectivity index (χ4v) is 4.06. The van der Waals surface area contributed by atoms with Gasteiger partial charge in [-0.3, -0.25) is 0 Å². The van der Waals surface area contributed by atoms with Gasteiger partial charge in [-0.1, -0.05) is 33.1 Å². The van der Waals surface area contributed by atoms with Crippen LogP contribution in [0.5, 0.6) is 0 Å². The molecule has 0 aliphatic rings. The second kappa shape index (κ2) is 13.3. The highest BCUT2D eigenvalue weighted by Crippen LogP contribution is 2.46. The third kappa shape index (κ3) is 9.06. The SMILES string of the molecule is CCCCC(CC)COP(OCCC#N)N(C(C)C)C(C)C. The molecule has 0 aromatic rings. The third-order valence-electron chi connectivity index (χ3n) is 3.63. The van der Waals surface area contributed by atoms with Gasteiger partial charge >= 0.3 is 0 Å². The molecule has 0 aromatic heterocycles. The first kappa shape index (κ1) is 21.8. The van der Waals surface area contributed by atoms with Crippen LogP contribution in [0.4, 0.5) is 0 Å². The molecule has 0 N–H and O–H groups in total. The van der Waals surface area contributed by atoms with Crippen LogP contribution in [-0.4, -0.2) is 30.0 Å². The Labute approximate surface area is 139 Å². The quantitative estimate of drug-likeness (QED) is 0.330. The highest BCUT2D eigenvalue weighted by atomic mass is 31.2. The van der Waals surface area contributed by atoms with E-state index in [4.69, 9.17) is 14.3 Å². The molecule has 0 rings (SSSR count). The van der Waals surface area contributed by atoms with Crippen LogP contribution in [0.25, 0.3) is 0 Å². The molecule has 2 unspecified atom stereocenters. The van der Waals surface area contributed by atoms with Crippen molar-refractivity contribution in [2.24, 2.45) is 5.92 Å². The Bertz CT molecular complexity index is 298. The van der Waals surface area contributed by atoms with E-state index >= 15 is 0 Å². The summed E-state index contributed by atoms with van der Waals surface area (Å²) in [7, 11) is -1.09. The van der Waals surface area contributed by atoms with Crippen molar-refractivity contribution >= 4 is 8.53 Å². The lowest BCUT2D eigenvalue weighted by molar-refractivity contribution is 0.153. The van der Waals surface area contributed by atoms with Crippen molar-refractivity contribution in [1.29, 1.82) is 5.26 Å². The molecular formula is C17H35N2O2P. The molecule has 0 saturated carbocycles. The molecule has 130 valence electrons. The van der Waals surface area contributed by atoms with Crippen molar-refractivity contribution in [3.8, 4) is 6.07 Å². The van der Waals surface area contributed by atoms with Gasteiger partial charge in [0.2, 0.25) is 0 Å². The van der Waals surface area contributed by atoms with Crippen LogP contribution in [0.1, 0.15) is 73.6 Å². The first-order chi connectivity index (χ1) is 10.5. The number of nitrogens with zero attached hydrogens (tertiary/aromatic N) is 2. The topological polar surface area (TPSA) is 45.5 Å². The monoisotopic (exact) mass is 330 g/mol. The maximum atomic E-state index is 8.71. The molecule has 4 nitrogen and oxygen atoms in total. The van der Waals surface area contributed by atoms with Gasteiger partial charge in [0.1, 0.15) is 0 Å². The summed E-state index contributed by atoms with van der Waals surface area (Å²) in [6.45, 7) is 14.3. The molecule has 0 fully saturated rings. The second-order valence-electron chi connectivity index (χ2n) is 6.26. The normalized spacial score (nSPS) is 14.5. The van der Waals surface area contributed by atoms with Crippen LogP contribution >= 0.6 is 8.53 Å². The summed E-state index contributed by atoms with van der Waals surface area (Å²) in [5, 5.41) is 8.71. The van der Waals surface area contributed by atoms with Gasteiger partial charge in [-0.2, -0.15) is 5.26 Å². The number of hydrogen-bond donors (Lipinski definition) is 0. The van der Waals surface area contributed by atoms with Crippen molar-refractivity contribution < 1.29 is 9.05 Å². The first-order valence-electron chi connectivity index (χ1n) is 8.68. The molecule has 0 amide bonds. The number of hydrogen-bond acceptors (Lipinski definition) is 4. The Balaban J connectivity index is 4.65. The zero-order valence-electron chi connectivity index (χ0n) is 15.3. The number of rotatable bonds is 13. The molecule has 0 saturated heterocycles. The minimum absolute atomic E-state index is 0.365. The molecule has 0 spiro atoms. The predicted molar refractivity (Wildman–Crippen MR) is 94.5 cm³/mol. The van der Waals surface area contributed by atoms with Crippen LogP contribution in [0, 0.1) is 17.2 Å². The van der Waals surface area contributed by atoms with E-state index < -0.39 is 8.53 Å². The van der Waals surface area contributed by atoms with Gasteiger partial charge in [0.15, 0.2) is 0 Å². The summed E-state index contributed by atoms with van der Waals surface area (Å²) >= 11 is 0. The van der Waals surface area contributed by atoms with Crippen molar-refractivity contribution in [3.05, 3.63) is 0 Å². The van der Waals surface area contributed by atoms with E-state index in [0.29, 0.717) is 31.0 Å². The van der Waals surface area contributed by atoms with E-state index in [9.17, 15) is 0 Å². The van der Waals surface area contributed by atoms with E-state index in [1.165, 1.54) is 19.3 Å². The average Bonchev–Trinajstić information content (AvgIpc) is 2.46. The van der Waals surface area contributed by atoms with Crippen molar-refractivity contribution in [1.82, 2.24) is 4.67 Å². The molecular weight excluding hydrogens is 295 g/mol. The first-order valence-corrected chi connectivity index (χ1v) is 9.81. The smallest absolute Gasteiger partial charge is 0.259 e. The van der Waals surface area contributed by atoms with Gasteiger partial charge in [0.25, 0.3) is 8.53 Å². The highest BCUT2D eigenvalue weighted by molar-refractivity contribution is 7.44. The summed E-state index contributed by atoms with van der Waals surface area (Å²) in [6, 6.07) is 2.87. The Morgan fingerprint density at radius 3 is 2.18 bits per heavy atom. The summed E-state index contributed by atoms with van der Waals surface area (Å²) in [5.41, 5.74) is 0. The molecule has 0 aromatic carbocycles. The van der Waals surface area contributed by atoms with Crippen LogP contribution < -0.4 is 0 Å². The van der Waals surface area contributed by atoms with Gasteiger partial charge in [0.05, 0.1) is 25.7 Å². The Morgan fingerprint density at radius 2 is 1.73 bits per heavy atom.